The zero-order chi connectivity index (χ0) is 15.1. The minimum absolute atomic E-state index is 0.106. The zero-order valence-electron chi connectivity index (χ0n) is 12.0. The lowest BCUT2D eigenvalue weighted by Gasteiger charge is -2.10. The van der Waals surface area contributed by atoms with E-state index >= 15 is 0 Å². The second-order valence-electron chi connectivity index (χ2n) is 4.82. The summed E-state index contributed by atoms with van der Waals surface area (Å²) in [5, 5.41) is 5.95. The van der Waals surface area contributed by atoms with E-state index in [4.69, 9.17) is 0 Å². The number of carbonyl (C=O) groups excluding carboxylic acids is 1. The molecule has 2 aromatic rings. The molecule has 0 aliphatic rings. The van der Waals surface area contributed by atoms with Crippen molar-refractivity contribution in [1.29, 1.82) is 0 Å². The van der Waals surface area contributed by atoms with E-state index in [2.05, 4.69) is 10.6 Å². The number of rotatable bonds is 6. The smallest absolute Gasteiger partial charge is 0.251 e. The van der Waals surface area contributed by atoms with Gasteiger partial charge < -0.3 is 10.6 Å². The van der Waals surface area contributed by atoms with Crippen LogP contribution in [0.5, 0.6) is 0 Å². The first-order chi connectivity index (χ1) is 10.2. The summed E-state index contributed by atoms with van der Waals surface area (Å²) < 4.78 is 12.8. The number of nitrogens with one attached hydrogen (secondary N) is 2. The molecule has 0 bridgehead atoms. The molecule has 0 fully saturated rings. The average Bonchev–Trinajstić information content (AvgIpc) is 2.52. The van der Waals surface area contributed by atoms with Gasteiger partial charge in [0.1, 0.15) is 5.82 Å². The lowest BCUT2D eigenvalue weighted by atomic mass is 10.0. The highest BCUT2D eigenvalue weighted by Crippen LogP contribution is 2.10. The summed E-state index contributed by atoms with van der Waals surface area (Å²) in [6, 6.07) is 13.7. The minimum atomic E-state index is -0.275. The number of benzene rings is 2. The fourth-order valence-corrected chi connectivity index (χ4v) is 2.10. The summed E-state index contributed by atoms with van der Waals surface area (Å²) in [6.07, 6.45) is 0.802. The van der Waals surface area contributed by atoms with Crippen LogP contribution in [-0.2, 0) is 13.0 Å². The molecule has 0 heterocycles. The Bertz CT molecular complexity index is 596. The Morgan fingerprint density at radius 3 is 2.52 bits per heavy atom. The van der Waals surface area contributed by atoms with Crippen LogP contribution >= 0.6 is 0 Å². The monoisotopic (exact) mass is 286 g/mol. The maximum Gasteiger partial charge on any atom is 0.251 e. The molecular weight excluding hydrogens is 267 g/mol. The molecule has 4 heteroatoms. The number of carbonyl (C=O) groups is 1. The summed E-state index contributed by atoms with van der Waals surface area (Å²) in [7, 11) is 1.89. The summed E-state index contributed by atoms with van der Waals surface area (Å²) in [5.41, 5.74) is 2.58. The highest BCUT2D eigenvalue weighted by atomic mass is 19.1. The summed E-state index contributed by atoms with van der Waals surface area (Å²) in [5.74, 6) is -0.381. The molecule has 2 rings (SSSR count). The average molecular weight is 286 g/mol. The Morgan fingerprint density at radius 1 is 1.10 bits per heavy atom. The van der Waals surface area contributed by atoms with Gasteiger partial charge in [-0.25, -0.2) is 4.39 Å². The van der Waals surface area contributed by atoms with Crippen LogP contribution in [0.15, 0.2) is 48.5 Å². The summed E-state index contributed by atoms with van der Waals surface area (Å²) >= 11 is 0. The van der Waals surface area contributed by atoms with Crippen LogP contribution in [0.3, 0.4) is 0 Å². The quantitative estimate of drug-likeness (QED) is 0.856. The fourth-order valence-electron chi connectivity index (χ4n) is 2.10. The zero-order valence-corrected chi connectivity index (χ0v) is 12.0. The Morgan fingerprint density at radius 2 is 1.81 bits per heavy atom. The third kappa shape index (κ3) is 4.39. The van der Waals surface area contributed by atoms with Gasteiger partial charge in [0.25, 0.3) is 5.91 Å². The van der Waals surface area contributed by atoms with Crippen molar-refractivity contribution in [3.05, 3.63) is 71.0 Å². The Balaban J connectivity index is 2.01. The largest absolute Gasteiger partial charge is 0.348 e. The molecule has 0 aliphatic heterocycles. The van der Waals surface area contributed by atoms with Crippen molar-refractivity contribution >= 4 is 5.91 Å². The molecular formula is C17H19FN2O. The predicted molar refractivity (Wildman–Crippen MR) is 81.6 cm³/mol. The lowest BCUT2D eigenvalue weighted by Crippen LogP contribution is -2.24. The van der Waals surface area contributed by atoms with E-state index in [9.17, 15) is 9.18 Å². The molecule has 21 heavy (non-hydrogen) atoms. The van der Waals surface area contributed by atoms with Gasteiger partial charge in [0, 0.05) is 12.1 Å². The lowest BCUT2D eigenvalue weighted by molar-refractivity contribution is 0.0950. The van der Waals surface area contributed by atoms with Crippen molar-refractivity contribution in [1.82, 2.24) is 10.6 Å². The molecule has 0 radical (unpaired) electrons. The number of halogens is 1. The molecule has 2 N–H and O–H groups in total. The van der Waals surface area contributed by atoms with Gasteiger partial charge >= 0.3 is 0 Å². The van der Waals surface area contributed by atoms with Gasteiger partial charge in [-0.05, 0) is 49.3 Å². The highest BCUT2D eigenvalue weighted by Gasteiger charge is 2.10. The molecule has 2 aromatic carbocycles. The van der Waals surface area contributed by atoms with Crippen LogP contribution in [0.2, 0.25) is 0 Å². The van der Waals surface area contributed by atoms with Crippen LogP contribution in [0.4, 0.5) is 4.39 Å². The van der Waals surface area contributed by atoms with Crippen LogP contribution in [0.25, 0.3) is 0 Å². The molecule has 3 nitrogen and oxygen atoms in total. The van der Waals surface area contributed by atoms with Gasteiger partial charge in [0.15, 0.2) is 0 Å². The molecule has 0 spiro atoms. The van der Waals surface area contributed by atoms with Crippen LogP contribution < -0.4 is 10.6 Å². The van der Waals surface area contributed by atoms with Crippen molar-refractivity contribution < 1.29 is 9.18 Å². The van der Waals surface area contributed by atoms with E-state index in [1.165, 1.54) is 12.1 Å². The topological polar surface area (TPSA) is 41.1 Å². The molecule has 0 atom stereocenters. The van der Waals surface area contributed by atoms with E-state index in [1.54, 1.807) is 12.1 Å². The van der Waals surface area contributed by atoms with Gasteiger partial charge in [0.05, 0.1) is 0 Å². The third-order valence-corrected chi connectivity index (χ3v) is 3.27. The molecule has 0 aliphatic carbocycles. The maximum absolute atomic E-state index is 12.8. The molecule has 0 saturated heterocycles. The first kappa shape index (κ1) is 15.2. The number of likely N-dealkylation sites (N-methyl/N-ethyl adjacent to an activating group) is 1. The van der Waals surface area contributed by atoms with E-state index < -0.39 is 0 Å². The second kappa shape index (κ2) is 7.55. The minimum Gasteiger partial charge on any atom is -0.348 e. The highest BCUT2D eigenvalue weighted by molar-refractivity contribution is 5.95. The predicted octanol–water partition coefficient (Wildman–Crippen LogP) is 2.52. The van der Waals surface area contributed by atoms with Crippen molar-refractivity contribution in [2.24, 2.45) is 0 Å². The SMILES string of the molecule is CNCCc1ccccc1C(=O)NCc1ccc(F)cc1. The van der Waals surface area contributed by atoms with Gasteiger partial charge in [-0.3, -0.25) is 4.79 Å². The van der Waals surface area contributed by atoms with Gasteiger partial charge in [0.2, 0.25) is 0 Å². The molecule has 0 unspecified atom stereocenters. The van der Waals surface area contributed by atoms with Gasteiger partial charge in [-0.15, -0.1) is 0 Å². The van der Waals surface area contributed by atoms with E-state index in [0.717, 1.165) is 24.1 Å². The van der Waals surface area contributed by atoms with Crippen LogP contribution in [-0.4, -0.2) is 19.5 Å². The number of amides is 1. The normalized spacial score (nSPS) is 10.4. The van der Waals surface area contributed by atoms with Gasteiger partial charge in [-0.2, -0.15) is 0 Å². The molecule has 110 valence electrons. The molecule has 0 aromatic heterocycles. The third-order valence-electron chi connectivity index (χ3n) is 3.27. The van der Waals surface area contributed by atoms with Crippen molar-refractivity contribution in [3.63, 3.8) is 0 Å². The summed E-state index contributed by atoms with van der Waals surface area (Å²) in [4.78, 5) is 12.3. The first-order valence-electron chi connectivity index (χ1n) is 6.96. The van der Waals surface area contributed by atoms with E-state index in [0.29, 0.717) is 12.1 Å². The van der Waals surface area contributed by atoms with Crippen molar-refractivity contribution in [3.8, 4) is 0 Å². The Kier molecular flexibility index (Phi) is 5.46. The number of hydrogen-bond acceptors (Lipinski definition) is 2. The van der Waals surface area contributed by atoms with Crippen molar-refractivity contribution in [2.45, 2.75) is 13.0 Å². The second-order valence-corrected chi connectivity index (χ2v) is 4.82. The molecule has 0 saturated carbocycles. The maximum atomic E-state index is 12.8. The van der Waals surface area contributed by atoms with Gasteiger partial charge in [-0.1, -0.05) is 30.3 Å². The fraction of sp³-hybridized carbons (Fsp3) is 0.235. The number of hydrogen-bond donors (Lipinski definition) is 2. The van der Waals surface area contributed by atoms with Crippen LogP contribution in [0.1, 0.15) is 21.5 Å². The summed E-state index contributed by atoms with van der Waals surface area (Å²) in [6.45, 7) is 1.21. The standard InChI is InChI=1S/C17H19FN2O/c1-19-11-10-14-4-2-3-5-16(14)17(21)20-12-13-6-8-15(18)9-7-13/h2-9,19H,10-12H2,1H3,(H,20,21). The van der Waals surface area contributed by atoms with Crippen LogP contribution in [0, 0.1) is 5.82 Å². The molecule has 1 amide bonds. The van der Waals surface area contributed by atoms with E-state index in [-0.39, 0.29) is 11.7 Å². The van der Waals surface area contributed by atoms with Crippen molar-refractivity contribution in [2.75, 3.05) is 13.6 Å². The Labute approximate surface area is 124 Å². The Hall–Kier alpha value is -2.20. The van der Waals surface area contributed by atoms with E-state index in [1.807, 2.05) is 31.3 Å². The first-order valence-corrected chi connectivity index (χ1v) is 6.96.